The highest BCUT2D eigenvalue weighted by Crippen LogP contribution is 2.14. The van der Waals surface area contributed by atoms with Gasteiger partial charge in [-0.25, -0.2) is 4.79 Å². The van der Waals surface area contributed by atoms with Gasteiger partial charge in [-0.3, -0.25) is 4.79 Å². The molecule has 20 heavy (non-hydrogen) atoms. The van der Waals surface area contributed by atoms with Gasteiger partial charge in [0.1, 0.15) is 0 Å². The van der Waals surface area contributed by atoms with Gasteiger partial charge in [0.25, 0.3) is 5.91 Å². The molecular weight excluding hydrogens is 254 g/mol. The molecule has 0 fully saturated rings. The Labute approximate surface area is 120 Å². The topological polar surface area (TPSA) is 55.4 Å². The molecule has 4 heteroatoms. The molecule has 4 nitrogen and oxygen atoms in total. The highest BCUT2D eigenvalue weighted by Gasteiger charge is 2.16. The first-order chi connectivity index (χ1) is 9.24. The van der Waals surface area contributed by atoms with E-state index in [1.54, 1.807) is 25.1 Å². The van der Waals surface area contributed by atoms with E-state index in [2.05, 4.69) is 5.32 Å². The predicted molar refractivity (Wildman–Crippen MR) is 78.9 cm³/mol. The lowest BCUT2D eigenvalue weighted by Crippen LogP contribution is -2.32. The fraction of sp³-hybridized carbons (Fsp3) is 0.500. The van der Waals surface area contributed by atoms with Crippen LogP contribution in [0.2, 0.25) is 0 Å². The molecule has 1 aromatic carbocycles. The summed E-state index contributed by atoms with van der Waals surface area (Å²) in [6.07, 6.45) is 0. The minimum absolute atomic E-state index is 0.0182. The number of carbonyl (C=O) groups is 2. The van der Waals surface area contributed by atoms with Gasteiger partial charge in [-0.05, 0) is 37.0 Å². The number of hydrogen-bond acceptors (Lipinski definition) is 3. The molecule has 0 saturated carbocycles. The molecule has 0 aliphatic rings. The van der Waals surface area contributed by atoms with E-state index in [1.807, 2.05) is 27.7 Å². The van der Waals surface area contributed by atoms with Crippen molar-refractivity contribution in [1.82, 2.24) is 5.32 Å². The average Bonchev–Trinajstić information content (AvgIpc) is 2.36. The zero-order valence-electron chi connectivity index (χ0n) is 12.9. The zero-order valence-corrected chi connectivity index (χ0v) is 12.9. The fourth-order valence-corrected chi connectivity index (χ4v) is 1.64. The molecule has 0 heterocycles. The van der Waals surface area contributed by atoms with Gasteiger partial charge in [-0.15, -0.1) is 0 Å². The minimum atomic E-state index is -0.393. The van der Waals surface area contributed by atoms with Crippen molar-refractivity contribution in [2.75, 3.05) is 13.2 Å². The Morgan fingerprint density at radius 1 is 1.25 bits per heavy atom. The molecular formula is C16H23NO3. The Balaban J connectivity index is 2.89. The second kappa shape index (κ2) is 6.55. The van der Waals surface area contributed by atoms with E-state index in [-0.39, 0.29) is 11.3 Å². The van der Waals surface area contributed by atoms with E-state index in [4.69, 9.17) is 4.74 Å². The lowest BCUT2D eigenvalue weighted by Gasteiger charge is -2.18. The van der Waals surface area contributed by atoms with Crippen LogP contribution < -0.4 is 5.32 Å². The van der Waals surface area contributed by atoms with Crippen LogP contribution in [-0.4, -0.2) is 25.0 Å². The van der Waals surface area contributed by atoms with Gasteiger partial charge in [0.15, 0.2) is 0 Å². The van der Waals surface area contributed by atoms with Crippen LogP contribution >= 0.6 is 0 Å². The molecule has 0 bridgehead atoms. The van der Waals surface area contributed by atoms with Gasteiger partial charge in [0.05, 0.1) is 12.2 Å². The Kier molecular flexibility index (Phi) is 5.31. The fourth-order valence-electron chi connectivity index (χ4n) is 1.64. The van der Waals surface area contributed by atoms with E-state index in [1.165, 1.54) is 0 Å². The van der Waals surface area contributed by atoms with E-state index in [0.717, 1.165) is 5.56 Å². The van der Waals surface area contributed by atoms with Crippen LogP contribution in [0.5, 0.6) is 0 Å². The van der Waals surface area contributed by atoms with Crippen molar-refractivity contribution in [3.05, 3.63) is 34.9 Å². The van der Waals surface area contributed by atoms with Crippen molar-refractivity contribution in [3.63, 3.8) is 0 Å². The number of carbonyl (C=O) groups excluding carboxylic acids is 2. The maximum Gasteiger partial charge on any atom is 0.338 e. The molecule has 0 spiro atoms. The first kappa shape index (κ1) is 16.2. The lowest BCUT2D eigenvalue weighted by atomic mass is 9.96. The SMILES string of the molecule is CCOC(=O)c1cc(C(=O)NCC(C)(C)C)ccc1C. The monoisotopic (exact) mass is 277 g/mol. The standard InChI is InChI=1S/C16H23NO3/c1-6-20-15(19)13-9-12(8-7-11(13)2)14(18)17-10-16(3,4)5/h7-9H,6,10H2,1-5H3,(H,17,18). The maximum absolute atomic E-state index is 12.1. The maximum atomic E-state index is 12.1. The summed E-state index contributed by atoms with van der Waals surface area (Å²) in [4.78, 5) is 23.9. The smallest absolute Gasteiger partial charge is 0.338 e. The minimum Gasteiger partial charge on any atom is -0.462 e. The van der Waals surface area contributed by atoms with Gasteiger partial charge < -0.3 is 10.1 Å². The molecule has 0 radical (unpaired) electrons. The van der Waals surface area contributed by atoms with Gasteiger partial charge in [-0.1, -0.05) is 26.8 Å². The molecule has 0 aliphatic carbocycles. The van der Waals surface area contributed by atoms with Crippen molar-refractivity contribution in [2.45, 2.75) is 34.6 Å². The molecule has 0 saturated heterocycles. The molecule has 110 valence electrons. The predicted octanol–water partition coefficient (Wildman–Crippen LogP) is 2.95. The number of hydrogen-bond donors (Lipinski definition) is 1. The first-order valence-corrected chi connectivity index (χ1v) is 6.80. The Hall–Kier alpha value is -1.84. The average molecular weight is 277 g/mol. The number of rotatable bonds is 4. The van der Waals surface area contributed by atoms with Gasteiger partial charge in [0, 0.05) is 12.1 Å². The number of esters is 1. The number of ether oxygens (including phenoxy) is 1. The van der Waals surface area contributed by atoms with E-state index < -0.39 is 5.97 Å². The summed E-state index contributed by atoms with van der Waals surface area (Å²) in [6.45, 7) is 10.6. The Morgan fingerprint density at radius 3 is 2.45 bits per heavy atom. The number of nitrogens with one attached hydrogen (secondary N) is 1. The second-order valence-corrected chi connectivity index (χ2v) is 5.99. The van der Waals surface area contributed by atoms with Crippen LogP contribution in [0.3, 0.4) is 0 Å². The molecule has 1 N–H and O–H groups in total. The molecule has 0 unspecified atom stereocenters. The van der Waals surface area contributed by atoms with Crippen molar-refractivity contribution < 1.29 is 14.3 Å². The van der Waals surface area contributed by atoms with Crippen LogP contribution in [0.15, 0.2) is 18.2 Å². The molecule has 0 atom stereocenters. The third kappa shape index (κ3) is 4.68. The van der Waals surface area contributed by atoms with Crippen molar-refractivity contribution in [3.8, 4) is 0 Å². The first-order valence-electron chi connectivity index (χ1n) is 6.80. The van der Waals surface area contributed by atoms with Crippen LogP contribution in [0.1, 0.15) is 54.0 Å². The summed E-state index contributed by atoms with van der Waals surface area (Å²) < 4.78 is 4.99. The molecule has 1 rings (SSSR count). The molecule has 0 aromatic heterocycles. The quantitative estimate of drug-likeness (QED) is 0.861. The van der Waals surface area contributed by atoms with Crippen molar-refractivity contribution in [2.24, 2.45) is 5.41 Å². The van der Waals surface area contributed by atoms with Crippen LogP contribution in [0.25, 0.3) is 0 Å². The van der Waals surface area contributed by atoms with Crippen molar-refractivity contribution >= 4 is 11.9 Å². The van der Waals surface area contributed by atoms with E-state index >= 15 is 0 Å². The van der Waals surface area contributed by atoms with Gasteiger partial charge >= 0.3 is 5.97 Å². The summed E-state index contributed by atoms with van der Waals surface area (Å²) in [7, 11) is 0. The Bertz CT molecular complexity index is 501. The third-order valence-corrected chi connectivity index (χ3v) is 2.77. The summed E-state index contributed by atoms with van der Waals surface area (Å²) in [6, 6.07) is 5.07. The summed E-state index contributed by atoms with van der Waals surface area (Å²) >= 11 is 0. The molecule has 1 amide bonds. The normalized spacial score (nSPS) is 11.1. The number of amides is 1. The van der Waals surface area contributed by atoms with Gasteiger partial charge in [0.2, 0.25) is 0 Å². The highest BCUT2D eigenvalue weighted by atomic mass is 16.5. The number of aryl methyl sites for hydroxylation is 1. The summed E-state index contributed by atoms with van der Waals surface area (Å²) in [5, 5.41) is 2.87. The largest absolute Gasteiger partial charge is 0.462 e. The van der Waals surface area contributed by atoms with Crippen LogP contribution in [-0.2, 0) is 4.74 Å². The Morgan fingerprint density at radius 2 is 1.90 bits per heavy atom. The number of benzene rings is 1. The molecule has 0 aliphatic heterocycles. The van der Waals surface area contributed by atoms with Crippen molar-refractivity contribution in [1.29, 1.82) is 0 Å². The van der Waals surface area contributed by atoms with Crippen LogP contribution in [0, 0.1) is 12.3 Å². The third-order valence-electron chi connectivity index (χ3n) is 2.77. The lowest BCUT2D eigenvalue weighted by molar-refractivity contribution is 0.0525. The second-order valence-electron chi connectivity index (χ2n) is 5.99. The summed E-state index contributed by atoms with van der Waals surface area (Å²) in [5.41, 5.74) is 1.73. The highest BCUT2D eigenvalue weighted by molar-refractivity contribution is 5.98. The van der Waals surface area contributed by atoms with E-state index in [0.29, 0.717) is 24.3 Å². The zero-order chi connectivity index (χ0) is 15.3. The molecule has 1 aromatic rings. The summed E-state index contributed by atoms with van der Waals surface area (Å²) in [5.74, 6) is -0.569. The van der Waals surface area contributed by atoms with E-state index in [9.17, 15) is 9.59 Å². The van der Waals surface area contributed by atoms with Crippen LogP contribution in [0.4, 0.5) is 0 Å². The van der Waals surface area contributed by atoms with Gasteiger partial charge in [-0.2, -0.15) is 0 Å².